The van der Waals surface area contributed by atoms with Crippen LogP contribution in [0.4, 0.5) is 17.1 Å². The highest BCUT2D eigenvalue weighted by Gasteiger charge is 2.24. The number of hydrogen-bond donors (Lipinski definition) is 4. The van der Waals surface area contributed by atoms with Crippen molar-refractivity contribution in [2.45, 2.75) is 40.0 Å². The van der Waals surface area contributed by atoms with Gasteiger partial charge in [-0.15, -0.1) is 5.53 Å². The second kappa shape index (κ2) is 10.6. The van der Waals surface area contributed by atoms with Crippen molar-refractivity contribution in [3.05, 3.63) is 82.8 Å². The number of carbonyl (C=O) groups is 1. The SMILES string of the molecule is COc1c(NC(=O)c2cc(C)c(C)c(N3C=C(c4cccnc4)NN3)c2)cc(C(C)(C)C)cc1NS(C)(=O)=O. The fourth-order valence-electron chi connectivity index (χ4n) is 4.18. The molecule has 0 saturated carbocycles. The topological polar surface area (TPSA) is 125 Å². The fraction of sp³-hybridized carbons (Fsp3) is 0.286. The number of carbonyl (C=O) groups excluding carboxylic acids is 1. The average molecular weight is 551 g/mol. The van der Waals surface area contributed by atoms with Crippen molar-refractivity contribution in [2.24, 2.45) is 0 Å². The maximum atomic E-state index is 13.6. The second-order valence-corrected chi connectivity index (χ2v) is 12.3. The summed E-state index contributed by atoms with van der Waals surface area (Å²) in [5.74, 6) is -0.141. The lowest BCUT2D eigenvalue weighted by molar-refractivity contribution is 0.102. The Balaban J connectivity index is 1.71. The summed E-state index contributed by atoms with van der Waals surface area (Å²) in [6.45, 7) is 9.95. The van der Waals surface area contributed by atoms with Crippen LogP contribution in [0.2, 0.25) is 0 Å². The predicted octanol–water partition coefficient (Wildman–Crippen LogP) is 4.46. The number of sulfonamides is 1. The second-order valence-electron chi connectivity index (χ2n) is 10.5. The number of methoxy groups -OCH3 is 1. The first kappa shape index (κ1) is 27.9. The zero-order valence-electron chi connectivity index (χ0n) is 23.1. The summed E-state index contributed by atoms with van der Waals surface area (Å²) in [5, 5.41) is 4.75. The summed E-state index contributed by atoms with van der Waals surface area (Å²) in [7, 11) is -2.16. The first-order chi connectivity index (χ1) is 18.3. The standard InChI is InChI=1S/C28H34N6O4S/c1-17-11-20(12-25(18(17)2)34-16-24(31-33-34)19-9-8-10-29-15-19)27(35)30-22-13-21(28(3,4)5)14-23(26(22)38-6)32-39(7,36)37/h8-16,31-33H,1-7H3,(H,30,35). The number of ether oxygens (including phenoxy) is 1. The zero-order valence-corrected chi connectivity index (χ0v) is 23.9. The minimum Gasteiger partial charge on any atom is -0.492 e. The maximum Gasteiger partial charge on any atom is 0.255 e. The molecule has 1 aromatic heterocycles. The van der Waals surface area contributed by atoms with Crippen LogP contribution in [0, 0.1) is 13.8 Å². The number of hydrazine groups is 2. The minimum atomic E-state index is -3.59. The van der Waals surface area contributed by atoms with Crippen LogP contribution >= 0.6 is 0 Å². The molecule has 1 aliphatic heterocycles. The lowest BCUT2D eigenvalue weighted by Gasteiger charge is -2.24. The maximum absolute atomic E-state index is 13.6. The van der Waals surface area contributed by atoms with Gasteiger partial charge >= 0.3 is 0 Å². The zero-order chi connectivity index (χ0) is 28.5. The highest BCUT2D eigenvalue weighted by molar-refractivity contribution is 7.92. The molecule has 0 radical (unpaired) electrons. The molecule has 206 valence electrons. The van der Waals surface area contributed by atoms with Crippen LogP contribution in [0.5, 0.6) is 5.75 Å². The smallest absolute Gasteiger partial charge is 0.255 e. The Hall–Kier alpha value is -4.09. The number of benzene rings is 2. The van der Waals surface area contributed by atoms with E-state index in [9.17, 15) is 13.2 Å². The highest BCUT2D eigenvalue weighted by Crippen LogP contribution is 2.39. The molecule has 1 amide bonds. The number of anilines is 3. The van der Waals surface area contributed by atoms with Crippen LogP contribution < -0.4 is 30.7 Å². The van der Waals surface area contributed by atoms with E-state index in [2.05, 4.69) is 26.0 Å². The summed E-state index contributed by atoms with van der Waals surface area (Å²) in [5.41, 5.74) is 12.3. The van der Waals surface area contributed by atoms with Gasteiger partial charge in [-0.25, -0.2) is 8.42 Å². The van der Waals surface area contributed by atoms with Crippen molar-refractivity contribution in [2.75, 3.05) is 28.4 Å². The third-order valence-electron chi connectivity index (χ3n) is 6.41. The number of aromatic nitrogens is 1. The molecule has 4 rings (SSSR count). The van der Waals surface area contributed by atoms with Crippen LogP contribution in [-0.4, -0.2) is 32.7 Å². The van der Waals surface area contributed by atoms with Crippen molar-refractivity contribution >= 4 is 38.7 Å². The predicted molar refractivity (Wildman–Crippen MR) is 155 cm³/mol. The van der Waals surface area contributed by atoms with Crippen molar-refractivity contribution in [3.8, 4) is 5.75 Å². The lowest BCUT2D eigenvalue weighted by atomic mass is 9.86. The molecule has 0 atom stereocenters. The molecule has 39 heavy (non-hydrogen) atoms. The van der Waals surface area contributed by atoms with Gasteiger partial charge in [-0.05, 0) is 72.4 Å². The fourth-order valence-corrected chi connectivity index (χ4v) is 4.73. The van der Waals surface area contributed by atoms with Gasteiger partial charge in [0.2, 0.25) is 10.0 Å². The Labute approximate surface area is 229 Å². The van der Waals surface area contributed by atoms with Crippen molar-refractivity contribution < 1.29 is 17.9 Å². The molecule has 1 aliphatic rings. The van der Waals surface area contributed by atoms with E-state index in [4.69, 9.17) is 4.74 Å². The number of nitrogens with one attached hydrogen (secondary N) is 4. The first-order valence-electron chi connectivity index (χ1n) is 12.3. The summed E-state index contributed by atoms with van der Waals surface area (Å²) in [4.78, 5) is 17.7. The van der Waals surface area contributed by atoms with Crippen LogP contribution in [0.3, 0.4) is 0 Å². The molecule has 0 spiro atoms. The van der Waals surface area contributed by atoms with Crippen LogP contribution in [-0.2, 0) is 15.4 Å². The molecule has 11 heteroatoms. The van der Waals surface area contributed by atoms with Crippen molar-refractivity contribution in [1.29, 1.82) is 0 Å². The monoisotopic (exact) mass is 550 g/mol. The Morgan fingerprint density at radius 3 is 2.44 bits per heavy atom. The van der Waals surface area contributed by atoms with Gasteiger partial charge < -0.3 is 15.5 Å². The summed E-state index contributed by atoms with van der Waals surface area (Å²) in [6, 6.07) is 11.0. The van der Waals surface area contributed by atoms with Crippen molar-refractivity contribution in [1.82, 2.24) is 15.9 Å². The average Bonchev–Trinajstić information content (AvgIpc) is 3.34. The van der Waals surface area contributed by atoms with E-state index >= 15 is 0 Å². The summed E-state index contributed by atoms with van der Waals surface area (Å²) < 4.78 is 32.2. The number of hydrogen-bond acceptors (Lipinski definition) is 8. The van der Waals surface area contributed by atoms with Gasteiger partial charge in [0.15, 0.2) is 5.75 Å². The van der Waals surface area contributed by atoms with E-state index in [1.54, 1.807) is 30.6 Å². The normalized spacial score (nSPS) is 13.5. The van der Waals surface area contributed by atoms with Gasteiger partial charge in [-0.3, -0.25) is 19.5 Å². The van der Waals surface area contributed by atoms with Gasteiger partial charge in [0.05, 0.1) is 36.1 Å². The highest BCUT2D eigenvalue weighted by atomic mass is 32.2. The van der Waals surface area contributed by atoms with Crippen LogP contribution in [0.15, 0.2) is 55.0 Å². The van der Waals surface area contributed by atoms with Crippen LogP contribution in [0.25, 0.3) is 5.70 Å². The largest absolute Gasteiger partial charge is 0.492 e. The van der Waals surface area contributed by atoms with Crippen molar-refractivity contribution in [3.63, 3.8) is 0 Å². The minimum absolute atomic E-state index is 0.222. The quantitative estimate of drug-likeness (QED) is 0.340. The number of nitrogens with zero attached hydrogens (tertiary/aromatic N) is 2. The molecule has 0 saturated heterocycles. The molecule has 0 aliphatic carbocycles. The number of pyridine rings is 1. The van der Waals surface area contributed by atoms with Gasteiger partial charge in [0, 0.05) is 29.7 Å². The number of amides is 1. The molecular formula is C28H34N6O4S. The molecule has 0 bridgehead atoms. The molecule has 2 aromatic carbocycles. The third kappa shape index (κ3) is 6.32. The molecular weight excluding hydrogens is 516 g/mol. The molecule has 4 N–H and O–H groups in total. The summed E-state index contributed by atoms with van der Waals surface area (Å²) in [6.07, 6.45) is 6.45. The Morgan fingerprint density at radius 1 is 1.10 bits per heavy atom. The Bertz CT molecular complexity index is 1550. The van der Waals surface area contributed by atoms with E-state index in [0.29, 0.717) is 11.3 Å². The lowest BCUT2D eigenvalue weighted by Crippen LogP contribution is -2.36. The summed E-state index contributed by atoms with van der Waals surface area (Å²) >= 11 is 0. The number of rotatable bonds is 7. The van der Waals surface area contributed by atoms with E-state index in [1.807, 2.05) is 64.0 Å². The van der Waals surface area contributed by atoms with Gasteiger partial charge in [-0.2, -0.15) is 0 Å². The van der Waals surface area contributed by atoms with Gasteiger partial charge in [0.1, 0.15) is 0 Å². The number of aryl methyl sites for hydroxylation is 1. The van der Waals surface area contributed by atoms with Gasteiger partial charge in [-0.1, -0.05) is 20.8 Å². The Morgan fingerprint density at radius 2 is 1.82 bits per heavy atom. The molecule has 3 aromatic rings. The molecule has 10 nitrogen and oxygen atoms in total. The van der Waals surface area contributed by atoms with Crippen LogP contribution in [0.1, 0.15) is 53.4 Å². The third-order valence-corrected chi connectivity index (χ3v) is 7.00. The first-order valence-corrected chi connectivity index (χ1v) is 14.2. The van der Waals surface area contributed by atoms with E-state index < -0.39 is 10.0 Å². The van der Waals surface area contributed by atoms with E-state index in [1.165, 1.54) is 7.11 Å². The van der Waals surface area contributed by atoms with E-state index in [0.717, 1.165) is 39.9 Å². The Kier molecular flexibility index (Phi) is 7.58. The molecule has 0 unspecified atom stereocenters. The molecule has 0 fully saturated rings. The van der Waals surface area contributed by atoms with E-state index in [-0.39, 0.29) is 22.8 Å². The molecule has 2 heterocycles. The van der Waals surface area contributed by atoms with Gasteiger partial charge in [0.25, 0.3) is 5.91 Å².